The van der Waals surface area contributed by atoms with E-state index in [9.17, 15) is 9.59 Å². The van der Waals surface area contributed by atoms with E-state index in [1.165, 1.54) is 0 Å². The van der Waals surface area contributed by atoms with E-state index in [0.29, 0.717) is 13.1 Å². The number of hydrogen-bond donors (Lipinski definition) is 0. The van der Waals surface area contributed by atoms with Crippen molar-refractivity contribution in [2.24, 2.45) is 5.92 Å². The number of amides is 2. The smallest absolute Gasteiger partial charge is 0.242 e. The van der Waals surface area contributed by atoms with Crippen molar-refractivity contribution < 1.29 is 18.7 Å². The van der Waals surface area contributed by atoms with Gasteiger partial charge in [0.05, 0.1) is 18.9 Å². The van der Waals surface area contributed by atoms with Crippen molar-refractivity contribution in [3.8, 4) is 0 Å². The fourth-order valence-electron chi connectivity index (χ4n) is 3.46. The lowest BCUT2D eigenvalue weighted by Crippen LogP contribution is -2.46. The number of carbonyl (C=O) groups is 2. The zero-order valence-electron chi connectivity index (χ0n) is 14.6. The van der Waals surface area contributed by atoms with Crippen LogP contribution in [0.4, 0.5) is 0 Å². The minimum absolute atomic E-state index is 0.00667. The van der Waals surface area contributed by atoms with Gasteiger partial charge in [-0.15, -0.1) is 0 Å². The number of hydrogen-bond acceptors (Lipinski definition) is 4. The summed E-state index contributed by atoms with van der Waals surface area (Å²) < 4.78 is 11.1. The third kappa shape index (κ3) is 4.24. The summed E-state index contributed by atoms with van der Waals surface area (Å²) >= 11 is 0. The zero-order chi connectivity index (χ0) is 17.2. The Morgan fingerprint density at radius 1 is 1.16 bits per heavy atom. The van der Waals surface area contributed by atoms with E-state index in [4.69, 9.17) is 9.15 Å². The first-order chi connectivity index (χ1) is 12.2. The maximum Gasteiger partial charge on any atom is 0.242 e. The lowest BCUT2D eigenvalue weighted by Gasteiger charge is -2.29. The van der Waals surface area contributed by atoms with E-state index in [1.54, 1.807) is 11.2 Å². The van der Waals surface area contributed by atoms with E-state index in [-0.39, 0.29) is 36.4 Å². The van der Waals surface area contributed by atoms with Crippen molar-refractivity contribution in [2.45, 2.75) is 57.2 Å². The Hall–Kier alpha value is -1.82. The molecule has 3 fully saturated rings. The fourth-order valence-corrected chi connectivity index (χ4v) is 3.46. The molecule has 0 aromatic carbocycles. The molecule has 1 atom stereocenters. The van der Waals surface area contributed by atoms with E-state index >= 15 is 0 Å². The summed E-state index contributed by atoms with van der Waals surface area (Å²) in [6.45, 7) is 1.95. The zero-order valence-corrected chi connectivity index (χ0v) is 14.6. The van der Waals surface area contributed by atoms with Gasteiger partial charge in [-0.1, -0.05) is 0 Å². The van der Waals surface area contributed by atoms with Crippen LogP contribution in [-0.4, -0.2) is 53.5 Å². The molecule has 2 amide bonds. The molecular weight excluding hydrogens is 320 g/mol. The van der Waals surface area contributed by atoms with Crippen molar-refractivity contribution in [1.82, 2.24) is 9.80 Å². The molecule has 136 valence electrons. The number of nitrogens with zero attached hydrogens (tertiary/aromatic N) is 2. The van der Waals surface area contributed by atoms with Crippen LogP contribution in [-0.2, 0) is 20.9 Å². The van der Waals surface area contributed by atoms with E-state index in [2.05, 4.69) is 0 Å². The molecule has 1 aromatic rings. The largest absolute Gasteiger partial charge is 0.467 e. The first kappa shape index (κ1) is 16.6. The molecule has 6 heteroatoms. The molecule has 1 aliphatic heterocycles. The standard InChI is InChI=1S/C19H26N2O4/c22-18(13-21(15-7-8-15)19(23)14-5-6-14)20(11-16-3-1-9-24-16)12-17-4-2-10-25-17/h1,3,9,14-15,17H,2,4-8,10-13H2. The van der Waals surface area contributed by atoms with Crippen molar-refractivity contribution in [3.05, 3.63) is 24.2 Å². The highest BCUT2D eigenvalue weighted by molar-refractivity contribution is 5.87. The molecular formula is C19H26N2O4. The molecule has 1 aromatic heterocycles. The maximum atomic E-state index is 13.0. The third-order valence-corrected chi connectivity index (χ3v) is 5.23. The van der Waals surface area contributed by atoms with Crippen molar-refractivity contribution >= 4 is 11.8 Å². The monoisotopic (exact) mass is 346 g/mol. The predicted octanol–water partition coefficient (Wildman–Crippen LogP) is 2.19. The summed E-state index contributed by atoms with van der Waals surface area (Å²) in [6.07, 6.45) is 7.73. The second-order valence-electron chi connectivity index (χ2n) is 7.46. The van der Waals surface area contributed by atoms with Crippen LogP contribution in [0, 0.1) is 5.92 Å². The van der Waals surface area contributed by atoms with Crippen LogP contribution in [0.25, 0.3) is 0 Å². The molecule has 0 spiro atoms. The second kappa shape index (κ2) is 7.20. The van der Waals surface area contributed by atoms with Gasteiger partial charge >= 0.3 is 0 Å². The Kier molecular flexibility index (Phi) is 4.79. The summed E-state index contributed by atoms with van der Waals surface area (Å²) in [5.74, 6) is 1.08. The topological polar surface area (TPSA) is 63.0 Å². The van der Waals surface area contributed by atoms with Gasteiger partial charge in [-0.05, 0) is 50.7 Å². The minimum atomic E-state index is -0.00667. The van der Waals surface area contributed by atoms with Gasteiger partial charge in [0, 0.05) is 25.1 Å². The van der Waals surface area contributed by atoms with Gasteiger partial charge in [-0.25, -0.2) is 0 Å². The van der Waals surface area contributed by atoms with E-state index < -0.39 is 0 Å². The van der Waals surface area contributed by atoms with Crippen LogP contribution in [0.15, 0.2) is 22.8 Å². The molecule has 1 unspecified atom stereocenters. The Morgan fingerprint density at radius 2 is 2.00 bits per heavy atom. The SMILES string of the molecule is O=C(CN(C(=O)C1CC1)C1CC1)N(Cc1ccco1)CC1CCCO1. The summed E-state index contributed by atoms with van der Waals surface area (Å²) in [6, 6.07) is 3.98. The average Bonchev–Trinajstić information content (AvgIpc) is 3.53. The molecule has 25 heavy (non-hydrogen) atoms. The van der Waals surface area contributed by atoms with Gasteiger partial charge in [0.25, 0.3) is 0 Å². The van der Waals surface area contributed by atoms with Gasteiger partial charge in [-0.3, -0.25) is 9.59 Å². The number of furan rings is 1. The summed E-state index contributed by atoms with van der Waals surface area (Å²) in [4.78, 5) is 29.1. The van der Waals surface area contributed by atoms with E-state index in [0.717, 1.165) is 50.9 Å². The van der Waals surface area contributed by atoms with Crippen molar-refractivity contribution in [1.29, 1.82) is 0 Å². The van der Waals surface area contributed by atoms with Crippen LogP contribution >= 0.6 is 0 Å². The van der Waals surface area contributed by atoms with Crippen molar-refractivity contribution in [2.75, 3.05) is 19.7 Å². The Balaban J connectivity index is 1.42. The highest BCUT2D eigenvalue weighted by atomic mass is 16.5. The number of carbonyl (C=O) groups excluding carboxylic acids is 2. The second-order valence-corrected chi connectivity index (χ2v) is 7.46. The Labute approximate surface area is 148 Å². The highest BCUT2D eigenvalue weighted by Crippen LogP contribution is 2.36. The molecule has 3 aliphatic rings. The minimum Gasteiger partial charge on any atom is -0.467 e. The lowest BCUT2D eigenvalue weighted by molar-refractivity contribution is -0.143. The highest BCUT2D eigenvalue weighted by Gasteiger charge is 2.41. The van der Waals surface area contributed by atoms with Gasteiger partial charge < -0.3 is 19.0 Å². The number of ether oxygens (including phenoxy) is 1. The quantitative estimate of drug-likeness (QED) is 0.724. The molecule has 1 saturated heterocycles. The van der Waals surface area contributed by atoms with Gasteiger partial charge in [0.15, 0.2) is 0 Å². The van der Waals surface area contributed by atoms with Crippen LogP contribution in [0.2, 0.25) is 0 Å². The maximum absolute atomic E-state index is 13.0. The third-order valence-electron chi connectivity index (χ3n) is 5.23. The van der Waals surface area contributed by atoms with Crippen LogP contribution in [0.3, 0.4) is 0 Å². The summed E-state index contributed by atoms with van der Waals surface area (Å²) in [5, 5.41) is 0. The summed E-state index contributed by atoms with van der Waals surface area (Å²) in [7, 11) is 0. The molecule has 0 bridgehead atoms. The van der Waals surface area contributed by atoms with Crippen LogP contribution < -0.4 is 0 Å². The molecule has 2 saturated carbocycles. The normalized spacial score (nSPS) is 22.8. The summed E-state index contributed by atoms with van der Waals surface area (Å²) in [5.41, 5.74) is 0. The van der Waals surface area contributed by atoms with Crippen LogP contribution in [0.1, 0.15) is 44.3 Å². The number of rotatable bonds is 8. The predicted molar refractivity (Wildman–Crippen MR) is 90.6 cm³/mol. The molecule has 2 heterocycles. The van der Waals surface area contributed by atoms with Gasteiger partial charge in [0.2, 0.25) is 11.8 Å². The van der Waals surface area contributed by atoms with E-state index in [1.807, 2.05) is 17.0 Å². The first-order valence-electron chi connectivity index (χ1n) is 9.43. The Morgan fingerprint density at radius 3 is 2.60 bits per heavy atom. The molecule has 4 rings (SSSR count). The Bertz CT molecular complexity index is 601. The lowest BCUT2D eigenvalue weighted by atomic mass is 10.2. The molecule has 6 nitrogen and oxygen atoms in total. The van der Waals surface area contributed by atoms with Gasteiger partial charge in [-0.2, -0.15) is 0 Å². The van der Waals surface area contributed by atoms with Crippen LogP contribution in [0.5, 0.6) is 0 Å². The molecule has 0 N–H and O–H groups in total. The van der Waals surface area contributed by atoms with Gasteiger partial charge in [0.1, 0.15) is 12.3 Å². The molecule has 2 aliphatic carbocycles. The molecule has 0 radical (unpaired) electrons. The van der Waals surface area contributed by atoms with Crippen molar-refractivity contribution in [3.63, 3.8) is 0 Å². The fraction of sp³-hybridized carbons (Fsp3) is 0.684. The first-order valence-corrected chi connectivity index (χ1v) is 9.43. The average molecular weight is 346 g/mol.